The number of rotatable bonds is 5. The molecular formula is C14H24N4. The number of nitrogens with zero attached hydrogens (tertiary/aromatic N) is 3. The molecule has 1 saturated heterocycles. The van der Waals surface area contributed by atoms with Gasteiger partial charge in [0, 0.05) is 26.3 Å². The SMILES string of the molecule is CN1CCC(CN(C)c2ncccc2CCN)C1. The van der Waals surface area contributed by atoms with Crippen LogP contribution in [0.25, 0.3) is 0 Å². The summed E-state index contributed by atoms with van der Waals surface area (Å²) in [7, 11) is 4.33. The minimum absolute atomic E-state index is 0.679. The van der Waals surface area contributed by atoms with Crippen LogP contribution in [-0.2, 0) is 6.42 Å². The van der Waals surface area contributed by atoms with E-state index in [1.165, 1.54) is 25.1 Å². The van der Waals surface area contributed by atoms with Crippen molar-refractivity contribution < 1.29 is 0 Å². The number of pyridine rings is 1. The summed E-state index contributed by atoms with van der Waals surface area (Å²) >= 11 is 0. The minimum Gasteiger partial charge on any atom is -0.359 e. The van der Waals surface area contributed by atoms with Crippen molar-refractivity contribution in [2.75, 3.05) is 45.2 Å². The highest BCUT2D eigenvalue weighted by molar-refractivity contribution is 5.46. The van der Waals surface area contributed by atoms with Gasteiger partial charge in [0.15, 0.2) is 0 Å². The second-order valence-corrected chi connectivity index (χ2v) is 5.32. The van der Waals surface area contributed by atoms with Gasteiger partial charge in [0.25, 0.3) is 0 Å². The van der Waals surface area contributed by atoms with Crippen molar-refractivity contribution >= 4 is 5.82 Å². The van der Waals surface area contributed by atoms with Gasteiger partial charge in [-0.05, 0) is 50.5 Å². The molecule has 2 N–H and O–H groups in total. The highest BCUT2D eigenvalue weighted by Crippen LogP contribution is 2.21. The number of hydrogen-bond acceptors (Lipinski definition) is 4. The van der Waals surface area contributed by atoms with E-state index in [9.17, 15) is 0 Å². The lowest BCUT2D eigenvalue weighted by Gasteiger charge is -2.24. The molecule has 0 saturated carbocycles. The molecule has 0 aromatic carbocycles. The van der Waals surface area contributed by atoms with Crippen molar-refractivity contribution in [3.63, 3.8) is 0 Å². The quantitative estimate of drug-likeness (QED) is 0.843. The van der Waals surface area contributed by atoms with E-state index in [0.717, 1.165) is 24.7 Å². The fourth-order valence-corrected chi connectivity index (χ4v) is 2.77. The van der Waals surface area contributed by atoms with Crippen LogP contribution in [-0.4, -0.2) is 50.2 Å². The van der Waals surface area contributed by atoms with Gasteiger partial charge in [0.1, 0.15) is 5.82 Å². The molecule has 1 atom stereocenters. The van der Waals surface area contributed by atoms with E-state index >= 15 is 0 Å². The maximum absolute atomic E-state index is 5.66. The van der Waals surface area contributed by atoms with E-state index in [-0.39, 0.29) is 0 Å². The average molecular weight is 248 g/mol. The standard InChI is InChI=1S/C14H24N4/c1-17-9-6-12(10-17)11-18(2)14-13(5-7-15)4-3-8-16-14/h3-4,8,12H,5-7,9-11,15H2,1-2H3. The molecule has 18 heavy (non-hydrogen) atoms. The van der Waals surface area contributed by atoms with Gasteiger partial charge in [0.05, 0.1) is 0 Å². The molecule has 1 aliphatic rings. The van der Waals surface area contributed by atoms with E-state index in [1.54, 1.807) is 0 Å². The van der Waals surface area contributed by atoms with Crippen LogP contribution in [0.5, 0.6) is 0 Å². The van der Waals surface area contributed by atoms with Crippen LogP contribution in [0.1, 0.15) is 12.0 Å². The molecule has 100 valence electrons. The lowest BCUT2D eigenvalue weighted by Crippen LogP contribution is -2.28. The normalized spacial score (nSPS) is 20.3. The van der Waals surface area contributed by atoms with Gasteiger partial charge < -0.3 is 15.5 Å². The topological polar surface area (TPSA) is 45.4 Å². The lowest BCUT2D eigenvalue weighted by atomic mass is 10.1. The second-order valence-electron chi connectivity index (χ2n) is 5.32. The van der Waals surface area contributed by atoms with E-state index < -0.39 is 0 Å². The van der Waals surface area contributed by atoms with Crippen LogP contribution in [0.3, 0.4) is 0 Å². The Hall–Kier alpha value is -1.13. The summed E-state index contributed by atoms with van der Waals surface area (Å²) in [4.78, 5) is 9.20. The average Bonchev–Trinajstić information content (AvgIpc) is 2.76. The Bertz CT molecular complexity index is 380. The minimum atomic E-state index is 0.679. The molecule has 2 rings (SSSR count). The van der Waals surface area contributed by atoms with Gasteiger partial charge >= 0.3 is 0 Å². The van der Waals surface area contributed by atoms with Crippen LogP contribution >= 0.6 is 0 Å². The monoisotopic (exact) mass is 248 g/mol. The van der Waals surface area contributed by atoms with Gasteiger partial charge in [-0.2, -0.15) is 0 Å². The Balaban J connectivity index is 2.01. The zero-order valence-electron chi connectivity index (χ0n) is 11.5. The van der Waals surface area contributed by atoms with Gasteiger partial charge in [0.2, 0.25) is 0 Å². The van der Waals surface area contributed by atoms with E-state index in [2.05, 4.69) is 34.9 Å². The highest BCUT2D eigenvalue weighted by atomic mass is 15.2. The Morgan fingerprint density at radius 1 is 1.56 bits per heavy atom. The van der Waals surface area contributed by atoms with Crippen molar-refractivity contribution in [1.82, 2.24) is 9.88 Å². The van der Waals surface area contributed by atoms with Crippen molar-refractivity contribution in [2.45, 2.75) is 12.8 Å². The molecule has 0 spiro atoms. The Morgan fingerprint density at radius 3 is 3.06 bits per heavy atom. The van der Waals surface area contributed by atoms with Gasteiger partial charge in [-0.15, -0.1) is 0 Å². The molecule has 0 amide bonds. The molecule has 4 nitrogen and oxygen atoms in total. The smallest absolute Gasteiger partial charge is 0.131 e. The number of hydrogen-bond donors (Lipinski definition) is 1. The van der Waals surface area contributed by atoms with Crippen LogP contribution in [0.2, 0.25) is 0 Å². The molecule has 1 aromatic rings. The summed E-state index contributed by atoms with van der Waals surface area (Å²) in [5.41, 5.74) is 6.92. The van der Waals surface area contributed by atoms with Crippen LogP contribution in [0.15, 0.2) is 18.3 Å². The summed E-state index contributed by atoms with van der Waals surface area (Å²) in [5.74, 6) is 1.85. The first kappa shape index (κ1) is 13.3. The lowest BCUT2D eigenvalue weighted by molar-refractivity contribution is 0.395. The molecule has 1 unspecified atom stereocenters. The number of anilines is 1. The third-order valence-electron chi connectivity index (χ3n) is 3.66. The number of aromatic nitrogens is 1. The number of nitrogens with two attached hydrogens (primary N) is 1. The second kappa shape index (κ2) is 6.16. The van der Waals surface area contributed by atoms with Crippen molar-refractivity contribution in [1.29, 1.82) is 0 Å². The summed E-state index contributed by atoms with van der Waals surface area (Å²) in [6.07, 6.45) is 4.06. The maximum atomic E-state index is 5.66. The molecule has 1 fully saturated rings. The van der Waals surface area contributed by atoms with E-state index in [0.29, 0.717) is 6.54 Å². The number of likely N-dealkylation sites (tertiary alicyclic amines) is 1. The van der Waals surface area contributed by atoms with Crippen LogP contribution in [0, 0.1) is 5.92 Å². The predicted molar refractivity (Wildman–Crippen MR) is 75.9 cm³/mol. The summed E-state index contributed by atoms with van der Waals surface area (Å²) in [5, 5.41) is 0. The Labute approximate surface area is 110 Å². The van der Waals surface area contributed by atoms with Gasteiger partial charge in [-0.3, -0.25) is 0 Å². The molecule has 0 aliphatic carbocycles. The zero-order valence-corrected chi connectivity index (χ0v) is 11.5. The predicted octanol–water partition coefficient (Wildman–Crippen LogP) is 0.971. The molecule has 2 heterocycles. The maximum Gasteiger partial charge on any atom is 0.131 e. The van der Waals surface area contributed by atoms with Crippen LogP contribution in [0.4, 0.5) is 5.82 Å². The molecule has 4 heteroatoms. The van der Waals surface area contributed by atoms with Gasteiger partial charge in [-0.1, -0.05) is 6.07 Å². The largest absolute Gasteiger partial charge is 0.359 e. The van der Waals surface area contributed by atoms with Crippen LogP contribution < -0.4 is 10.6 Å². The molecule has 1 aliphatic heterocycles. The fraction of sp³-hybridized carbons (Fsp3) is 0.643. The molecular weight excluding hydrogens is 224 g/mol. The first-order valence-electron chi connectivity index (χ1n) is 6.74. The molecule has 0 bridgehead atoms. The van der Waals surface area contributed by atoms with Gasteiger partial charge in [-0.25, -0.2) is 4.98 Å². The Kier molecular flexibility index (Phi) is 4.55. The first-order valence-corrected chi connectivity index (χ1v) is 6.74. The Morgan fingerprint density at radius 2 is 2.39 bits per heavy atom. The molecule has 0 radical (unpaired) electrons. The fourth-order valence-electron chi connectivity index (χ4n) is 2.77. The third kappa shape index (κ3) is 3.21. The van der Waals surface area contributed by atoms with E-state index in [1.807, 2.05) is 12.3 Å². The van der Waals surface area contributed by atoms with E-state index in [4.69, 9.17) is 5.73 Å². The summed E-state index contributed by atoms with van der Waals surface area (Å²) in [6.45, 7) is 4.18. The van der Waals surface area contributed by atoms with Crippen molar-refractivity contribution in [3.8, 4) is 0 Å². The van der Waals surface area contributed by atoms with Crippen molar-refractivity contribution in [3.05, 3.63) is 23.9 Å². The summed E-state index contributed by atoms with van der Waals surface area (Å²) in [6, 6.07) is 4.12. The highest BCUT2D eigenvalue weighted by Gasteiger charge is 2.21. The zero-order chi connectivity index (χ0) is 13.0. The van der Waals surface area contributed by atoms with Crippen molar-refractivity contribution in [2.24, 2.45) is 11.7 Å². The first-order chi connectivity index (χ1) is 8.70. The summed E-state index contributed by atoms with van der Waals surface area (Å²) < 4.78 is 0. The molecule has 1 aromatic heterocycles. The third-order valence-corrected chi connectivity index (χ3v) is 3.66.